The van der Waals surface area contributed by atoms with Crippen LogP contribution in [-0.4, -0.2) is 43.0 Å². The van der Waals surface area contributed by atoms with E-state index in [-0.39, 0.29) is 5.91 Å². The highest BCUT2D eigenvalue weighted by molar-refractivity contribution is 5.94. The zero-order chi connectivity index (χ0) is 16.7. The van der Waals surface area contributed by atoms with E-state index in [0.29, 0.717) is 24.5 Å². The number of amides is 1. The lowest BCUT2D eigenvalue weighted by molar-refractivity contribution is 0.0951. The van der Waals surface area contributed by atoms with Crippen LogP contribution in [0.1, 0.15) is 21.5 Å². The fourth-order valence-corrected chi connectivity index (χ4v) is 2.06. The number of hydrogen-bond acceptors (Lipinski definition) is 4. The Morgan fingerprint density at radius 2 is 1.91 bits per heavy atom. The van der Waals surface area contributed by atoms with Crippen LogP contribution in [0.25, 0.3) is 0 Å². The second kappa shape index (κ2) is 8.29. The molecule has 23 heavy (non-hydrogen) atoms. The maximum Gasteiger partial charge on any atom is 0.251 e. The molecule has 2 rings (SSSR count). The van der Waals surface area contributed by atoms with Gasteiger partial charge in [0, 0.05) is 31.4 Å². The molecule has 0 bridgehead atoms. The van der Waals surface area contributed by atoms with E-state index in [1.165, 1.54) is 11.1 Å². The molecule has 1 heterocycles. The van der Waals surface area contributed by atoms with Crippen LogP contribution >= 0.6 is 0 Å². The van der Waals surface area contributed by atoms with Crippen molar-refractivity contribution in [2.45, 2.75) is 13.5 Å². The molecule has 0 unspecified atom stereocenters. The third-order valence-corrected chi connectivity index (χ3v) is 3.46. The van der Waals surface area contributed by atoms with E-state index in [2.05, 4.69) is 46.8 Å². The molecular formula is C18H24N4O. The number of anilines is 1. The van der Waals surface area contributed by atoms with Crippen molar-refractivity contribution < 1.29 is 4.79 Å². The number of aryl methyl sites for hydroxylation is 1. The average Bonchev–Trinajstić information content (AvgIpc) is 2.54. The molecule has 2 aromatic rings. The first-order chi connectivity index (χ1) is 11.0. The lowest BCUT2D eigenvalue weighted by atomic mass is 10.1. The molecule has 0 saturated carbocycles. The minimum absolute atomic E-state index is 0.0763. The van der Waals surface area contributed by atoms with Gasteiger partial charge in [-0.1, -0.05) is 29.8 Å². The van der Waals surface area contributed by atoms with Gasteiger partial charge in [0.2, 0.25) is 0 Å². The maximum absolute atomic E-state index is 12.1. The highest BCUT2D eigenvalue weighted by atomic mass is 16.1. The number of likely N-dealkylation sites (N-methyl/N-ethyl adjacent to an activating group) is 1. The Labute approximate surface area is 137 Å². The van der Waals surface area contributed by atoms with E-state index in [9.17, 15) is 4.79 Å². The summed E-state index contributed by atoms with van der Waals surface area (Å²) in [5, 5.41) is 6.15. The number of nitrogens with zero attached hydrogens (tertiary/aromatic N) is 2. The minimum Gasteiger partial charge on any atom is -0.366 e. The van der Waals surface area contributed by atoms with Crippen molar-refractivity contribution in [1.82, 2.24) is 15.2 Å². The first kappa shape index (κ1) is 17.0. The van der Waals surface area contributed by atoms with E-state index in [0.717, 1.165) is 6.54 Å². The van der Waals surface area contributed by atoms with E-state index in [4.69, 9.17) is 0 Å². The summed E-state index contributed by atoms with van der Waals surface area (Å²) < 4.78 is 0. The highest BCUT2D eigenvalue weighted by Gasteiger charge is 2.06. The molecular weight excluding hydrogens is 288 g/mol. The Hall–Kier alpha value is -2.40. The fourth-order valence-electron chi connectivity index (χ4n) is 2.06. The third-order valence-electron chi connectivity index (χ3n) is 3.46. The van der Waals surface area contributed by atoms with Gasteiger partial charge in [-0.05, 0) is 38.7 Å². The normalized spacial score (nSPS) is 10.6. The van der Waals surface area contributed by atoms with Crippen molar-refractivity contribution in [2.24, 2.45) is 0 Å². The zero-order valence-corrected chi connectivity index (χ0v) is 14.0. The van der Waals surface area contributed by atoms with Crippen LogP contribution in [0.4, 0.5) is 5.82 Å². The molecule has 0 aliphatic rings. The van der Waals surface area contributed by atoms with Gasteiger partial charge >= 0.3 is 0 Å². The lowest BCUT2D eigenvalue weighted by Gasteiger charge is -2.11. The fraction of sp³-hybridized carbons (Fsp3) is 0.333. The quantitative estimate of drug-likeness (QED) is 0.823. The van der Waals surface area contributed by atoms with Gasteiger partial charge in [-0.3, -0.25) is 4.79 Å². The van der Waals surface area contributed by atoms with Gasteiger partial charge in [-0.2, -0.15) is 0 Å². The number of carbonyl (C=O) groups excluding carboxylic acids is 1. The summed E-state index contributed by atoms with van der Waals surface area (Å²) in [6.07, 6.45) is 1.65. The molecule has 2 N–H and O–H groups in total. The monoisotopic (exact) mass is 312 g/mol. The van der Waals surface area contributed by atoms with E-state index < -0.39 is 0 Å². The number of hydrogen-bond donors (Lipinski definition) is 2. The van der Waals surface area contributed by atoms with Crippen molar-refractivity contribution in [3.8, 4) is 0 Å². The summed E-state index contributed by atoms with van der Waals surface area (Å²) in [6.45, 7) is 4.19. The second-order valence-corrected chi connectivity index (χ2v) is 5.83. The molecule has 5 nitrogen and oxygen atoms in total. The second-order valence-electron chi connectivity index (χ2n) is 5.83. The van der Waals surface area contributed by atoms with Crippen LogP contribution in [0.2, 0.25) is 0 Å². The van der Waals surface area contributed by atoms with E-state index in [1.54, 1.807) is 18.3 Å². The van der Waals surface area contributed by atoms with Gasteiger partial charge in [-0.25, -0.2) is 4.98 Å². The number of aromatic nitrogens is 1. The topological polar surface area (TPSA) is 57.3 Å². The van der Waals surface area contributed by atoms with Crippen LogP contribution in [0.15, 0.2) is 42.6 Å². The van der Waals surface area contributed by atoms with Gasteiger partial charge in [0.25, 0.3) is 5.91 Å². The zero-order valence-electron chi connectivity index (χ0n) is 14.0. The molecule has 0 saturated heterocycles. The SMILES string of the molecule is Cc1ccc(CNc2cc(C(=O)NCCN(C)C)ccn2)cc1. The Morgan fingerprint density at radius 1 is 1.17 bits per heavy atom. The summed E-state index contributed by atoms with van der Waals surface area (Å²) in [7, 11) is 3.96. The highest BCUT2D eigenvalue weighted by Crippen LogP contribution is 2.10. The molecule has 1 aromatic heterocycles. The molecule has 5 heteroatoms. The van der Waals surface area contributed by atoms with Crippen LogP contribution in [-0.2, 0) is 6.54 Å². The molecule has 0 aliphatic heterocycles. The third kappa shape index (κ3) is 5.71. The van der Waals surface area contributed by atoms with E-state index >= 15 is 0 Å². The smallest absolute Gasteiger partial charge is 0.251 e. The summed E-state index contributed by atoms with van der Waals surface area (Å²) in [6, 6.07) is 11.8. The van der Waals surface area contributed by atoms with Crippen molar-refractivity contribution in [2.75, 3.05) is 32.5 Å². The average molecular weight is 312 g/mol. The molecule has 0 spiro atoms. The van der Waals surface area contributed by atoms with Crippen molar-refractivity contribution in [3.63, 3.8) is 0 Å². The van der Waals surface area contributed by atoms with Gasteiger partial charge < -0.3 is 15.5 Å². The number of nitrogens with one attached hydrogen (secondary N) is 2. The molecule has 122 valence electrons. The minimum atomic E-state index is -0.0763. The van der Waals surface area contributed by atoms with Gasteiger partial charge in [0.1, 0.15) is 5.82 Å². The van der Waals surface area contributed by atoms with Crippen molar-refractivity contribution in [3.05, 3.63) is 59.3 Å². The van der Waals surface area contributed by atoms with Crippen molar-refractivity contribution in [1.29, 1.82) is 0 Å². The van der Waals surface area contributed by atoms with Crippen LogP contribution < -0.4 is 10.6 Å². The Kier molecular flexibility index (Phi) is 6.11. The molecule has 1 aromatic carbocycles. The lowest BCUT2D eigenvalue weighted by Crippen LogP contribution is -2.31. The van der Waals surface area contributed by atoms with Gasteiger partial charge in [-0.15, -0.1) is 0 Å². The molecule has 0 atom stereocenters. The Balaban J connectivity index is 1.91. The van der Waals surface area contributed by atoms with Crippen LogP contribution in [0.3, 0.4) is 0 Å². The van der Waals surface area contributed by atoms with Gasteiger partial charge in [0.15, 0.2) is 0 Å². The maximum atomic E-state index is 12.1. The first-order valence-corrected chi connectivity index (χ1v) is 7.73. The summed E-state index contributed by atoms with van der Waals surface area (Å²) >= 11 is 0. The largest absolute Gasteiger partial charge is 0.366 e. The molecule has 0 radical (unpaired) electrons. The summed E-state index contributed by atoms with van der Waals surface area (Å²) in [5.41, 5.74) is 3.03. The molecule has 0 fully saturated rings. The number of rotatable bonds is 7. The summed E-state index contributed by atoms with van der Waals surface area (Å²) in [5.74, 6) is 0.624. The first-order valence-electron chi connectivity index (χ1n) is 7.73. The predicted molar refractivity (Wildman–Crippen MR) is 93.6 cm³/mol. The Morgan fingerprint density at radius 3 is 2.61 bits per heavy atom. The molecule has 1 amide bonds. The summed E-state index contributed by atoms with van der Waals surface area (Å²) in [4.78, 5) is 18.4. The number of carbonyl (C=O) groups is 1. The van der Waals surface area contributed by atoms with Crippen LogP contribution in [0, 0.1) is 6.92 Å². The standard InChI is InChI=1S/C18H24N4O/c1-14-4-6-15(7-5-14)13-21-17-12-16(8-9-19-17)18(23)20-10-11-22(2)3/h4-9,12H,10-11,13H2,1-3H3,(H,19,21)(H,20,23). The van der Waals surface area contributed by atoms with E-state index in [1.807, 2.05) is 19.0 Å². The van der Waals surface area contributed by atoms with Gasteiger partial charge in [0.05, 0.1) is 0 Å². The Bertz CT molecular complexity index is 638. The number of pyridine rings is 1. The predicted octanol–water partition coefficient (Wildman–Crippen LogP) is 2.29. The number of benzene rings is 1. The van der Waals surface area contributed by atoms with Crippen LogP contribution in [0.5, 0.6) is 0 Å². The molecule has 0 aliphatic carbocycles. The van der Waals surface area contributed by atoms with Crippen molar-refractivity contribution >= 4 is 11.7 Å².